The van der Waals surface area contributed by atoms with Gasteiger partial charge < -0.3 is 9.64 Å². The Kier molecular flexibility index (Phi) is 4.70. The predicted octanol–water partition coefficient (Wildman–Crippen LogP) is 2.63. The third-order valence-electron chi connectivity index (χ3n) is 8.16. The van der Waals surface area contributed by atoms with E-state index in [2.05, 4.69) is 4.90 Å². The van der Waals surface area contributed by atoms with E-state index in [0.29, 0.717) is 17.8 Å². The average Bonchev–Trinajstić information content (AvgIpc) is 3.54. The van der Waals surface area contributed by atoms with Crippen molar-refractivity contribution in [2.45, 2.75) is 38.3 Å². The SMILES string of the molecule is CCOC(=O)c1ccc(N2C(=O)C3C4CCCN4C4(C(=O)N(C)c5ccc(C)cc54)C3C2=O)cc1. The summed E-state index contributed by atoms with van der Waals surface area (Å²) in [6, 6.07) is 12.1. The van der Waals surface area contributed by atoms with Crippen LogP contribution in [0.3, 0.4) is 0 Å². The zero-order valence-corrected chi connectivity index (χ0v) is 20.0. The second-order valence-corrected chi connectivity index (χ2v) is 9.84. The molecule has 4 unspecified atom stereocenters. The van der Waals surface area contributed by atoms with Gasteiger partial charge in [-0.1, -0.05) is 17.7 Å². The molecule has 4 aliphatic heterocycles. The number of nitrogens with zero attached hydrogens (tertiary/aromatic N) is 3. The Balaban J connectivity index is 1.47. The van der Waals surface area contributed by atoms with Crippen molar-refractivity contribution < 1.29 is 23.9 Å². The first kappa shape index (κ1) is 22.0. The molecule has 0 radical (unpaired) electrons. The number of likely N-dealkylation sites (N-methyl/N-ethyl adjacent to an activating group) is 1. The summed E-state index contributed by atoms with van der Waals surface area (Å²) in [5.74, 6) is -2.59. The predicted molar refractivity (Wildman–Crippen MR) is 128 cm³/mol. The molecule has 3 amide bonds. The van der Waals surface area contributed by atoms with Crippen molar-refractivity contribution in [1.29, 1.82) is 0 Å². The van der Waals surface area contributed by atoms with Crippen LogP contribution in [0.1, 0.15) is 41.3 Å². The highest BCUT2D eigenvalue weighted by Crippen LogP contribution is 2.61. The van der Waals surface area contributed by atoms with Gasteiger partial charge in [0.05, 0.1) is 29.7 Å². The van der Waals surface area contributed by atoms with Gasteiger partial charge in [-0.3, -0.25) is 19.3 Å². The van der Waals surface area contributed by atoms with Gasteiger partial charge in [0.1, 0.15) is 5.54 Å². The minimum absolute atomic E-state index is 0.141. The normalized spacial score (nSPS) is 29.2. The Hall–Kier alpha value is -3.52. The van der Waals surface area contributed by atoms with Gasteiger partial charge in [0.25, 0.3) is 5.91 Å². The number of fused-ring (bicyclic) bond motifs is 7. The summed E-state index contributed by atoms with van der Waals surface area (Å²) in [5, 5.41) is 0. The second kappa shape index (κ2) is 7.49. The van der Waals surface area contributed by atoms with Gasteiger partial charge in [0, 0.05) is 24.3 Å². The van der Waals surface area contributed by atoms with Crippen LogP contribution >= 0.6 is 0 Å². The molecular weight excluding hydrogens is 446 g/mol. The number of imide groups is 1. The van der Waals surface area contributed by atoms with Crippen LogP contribution < -0.4 is 9.80 Å². The van der Waals surface area contributed by atoms with Crippen LogP contribution in [-0.2, 0) is 24.7 Å². The standard InChI is InChI=1S/C27H27N3O5/c1-4-35-25(33)16-8-10-17(11-9-16)30-23(31)21-20-6-5-13-29(20)27(22(21)24(30)32)18-14-15(2)7-12-19(18)28(3)26(27)34/h7-12,14,20-22H,4-6,13H2,1-3H3. The summed E-state index contributed by atoms with van der Waals surface area (Å²) in [6.07, 6.45) is 1.65. The Morgan fingerprint density at radius 3 is 2.54 bits per heavy atom. The van der Waals surface area contributed by atoms with Crippen molar-refractivity contribution >= 4 is 35.1 Å². The summed E-state index contributed by atoms with van der Waals surface area (Å²) < 4.78 is 5.04. The maximum atomic E-state index is 14.1. The first-order valence-corrected chi connectivity index (χ1v) is 12.1. The number of benzene rings is 2. The van der Waals surface area contributed by atoms with Gasteiger partial charge in [-0.2, -0.15) is 0 Å². The summed E-state index contributed by atoms with van der Waals surface area (Å²) in [4.78, 5) is 59.0. The molecule has 8 nitrogen and oxygen atoms in total. The second-order valence-electron chi connectivity index (χ2n) is 9.84. The summed E-state index contributed by atoms with van der Waals surface area (Å²) in [7, 11) is 1.75. The molecule has 2 aromatic carbocycles. The van der Waals surface area contributed by atoms with E-state index in [1.54, 1.807) is 43.1 Å². The van der Waals surface area contributed by atoms with Gasteiger partial charge in [-0.15, -0.1) is 0 Å². The van der Waals surface area contributed by atoms with Crippen LogP contribution in [0.15, 0.2) is 42.5 Å². The molecule has 180 valence electrons. The molecule has 0 N–H and O–H groups in total. The van der Waals surface area contributed by atoms with Crippen LogP contribution in [0.4, 0.5) is 11.4 Å². The molecule has 3 fully saturated rings. The Morgan fingerprint density at radius 1 is 1.09 bits per heavy atom. The van der Waals surface area contributed by atoms with Crippen LogP contribution in [0, 0.1) is 18.8 Å². The van der Waals surface area contributed by atoms with E-state index in [4.69, 9.17) is 4.74 Å². The zero-order chi connectivity index (χ0) is 24.6. The van der Waals surface area contributed by atoms with Gasteiger partial charge in [-0.05, 0) is 63.6 Å². The van der Waals surface area contributed by atoms with Crippen molar-refractivity contribution in [2.24, 2.45) is 11.8 Å². The molecule has 1 spiro atoms. The number of hydrogen-bond acceptors (Lipinski definition) is 6. The number of amides is 3. The average molecular weight is 474 g/mol. The number of rotatable bonds is 3. The number of hydrogen-bond donors (Lipinski definition) is 0. The van der Waals surface area contributed by atoms with E-state index in [9.17, 15) is 19.2 Å². The van der Waals surface area contributed by atoms with E-state index in [-0.39, 0.29) is 30.4 Å². The molecular formula is C27H27N3O5. The van der Waals surface area contributed by atoms with Gasteiger partial charge >= 0.3 is 5.97 Å². The van der Waals surface area contributed by atoms with Gasteiger partial charge in [-0.25, -0.2) is 9.69 Å². The maximum absolute atomic E-state index is 14.1. The van der Waals surface area contributed by atoms with E-state index in [1.165, 1.54) is 4.90 Å². The lowest BCUT2D eigenvalue weighted by molar-refractivity contribution is -0.136. The largest absolute Gasteiger partial charge is 0.462 e. The topological polar surface area (TPSA) is 87.2 Å². The number of esters is 1. The van der Waals surface area contributed by atoms with E-state index in [1.807, 2.05) is 25.1 Å². The van der Waals surface area contributed by atoms with E-state index < -0.39 is 23.3 Å². The van der Waals surface area contributed by atoms with Gasteiger partial charge in [0.2, 0.25) is 11.8 Å². The highest BCUT2D eigenvalue weighted by molar-refractivity contribution is 6.26. The lowest BCUT2D eigenvalue weighted by Crippen LogP contribution is -2.55. The van der Waals surface area contributed by atoms with Crippen molar-refractivity contribution in [3.63, 3.8) is 0 Å². The molecule has 2 aromatic rings. The van der Waals surface area contributed by atoms with Crippen LogP contribution in [0.2, 0.25) is 0 Å². The lowest BCUT2D eigenvalue weighted by atomic mass is 9.75. The quantitative estimate of drug-likeness (QED) is 0.503. The van der Waals surface area contributed by atoms with Gasteiger partial charge in [0.15, 0.2) is 0 Å². The first-order valence-electron chi connectivity index (χ1n) is 12.1. The lowest BCUT2D eigenvalue weighted by Gasteiger charge is -2.37. The fourth-order valence-electron chi connectivity index (χ4n) is 6.82. The number of ether oxygens (including phenoxy) is 1. The third-order valence-corrected chi connectivity index (χ3v) is 8.16. The number of aryl methyl sites for hydroxylation is 1. The van der Waals surface area contributed by atoms with Crippen molar-refractivity contribution in [3.05, 3.63) is 59.2 Å². The minimum Gasteiger partial charge on any atom is -0.462 e. The zero-order valence-electron chi connectivity index (χ0n) is 20.0. The molecule has 0 aliphatic carbocycles. The highest BCUT2D eigenvalue weighted by Gasteiger charge is 2.75. The number of carbonyl (C=O) groups is 4. The van der Waals surface area contributed by atoms with E-state index in [0.717, 1.165) is 29.7 Å². The maximum Gasteiger partial charge on any atom is 0.338 e. The molecule has 35 heavy (non-hydrogen) atoms. The minimum atomic E-state index is -1.17. The molecule has 3 saturated heterocycles. The summed E-state index contributed by atoms with van der Waals surface area (Å²) in [6.45, 7) is 4.65. The first-order chi connectivity index (χ1) is 16.8. The van der Waals surface area contributed by atoms with Crippen molar-refractivity contribution in [1.82, 2.24) is 4.90 Å². The monoisotopic (exact) mass is 473 g/mol. The van der Waals surface area contributed by atoms with Crippen LogP contribution in [0.5, 0.6) is 0 Å². The molecule has 4 atom stereocenters. The highest BCUT2D eigenvalue weighted by atomic mass is 16.5. The molecule has 8 heteroatoms. The third kappa shape index (κ3) is 2.66. The molecule has 0 aromatic heterocycles. The number of anilines is 2. The molecule has 0 saturated carbocycles. The molecule has 6 rings (SSSR count). The Bertz CT molecular complexity index is 1290. The molecule has 4 heterocycles. The molecule has 0 bridgehead atoms. The fourth-order valence-corrected chi connectivity index (χ4v) is 6.82. The summed E-state index contributed by atoms with van der Waals surface area (Å²) in [5.41, 5.74) is 2.22. The smallest absolute Gasteiger partial charge is 0.338 e. The Labute approximate surface area is 203 Å². The van der Waals surface area contributed by atoms with Crippen LogP contribution in [-0.4, -0.2) is 54.8 Å². The molecule has 4 aliphatic rings. The van der Waals surface area contributed by atoms with Crippen molar-refractivity contribution in [3.8, 4) is 0 Å². The van der Waals surface area contributed by atoms with Crippen LogP contribution in [0.25, 0.3) is 0 Å². The summed E-state index contributed by atoms with van der Waals surface area (Å²) >= 11 is 0. The van der Waals surface area contributed by atoms with Crippen molar-refractivity contribution in [2.75, 3.05) is 30.0 Å². The van der Waals surface area contributed by atoms with E-state index >= 15 is 0 Å². The number of carbonyl (C=O) groups excluding carboxylic acids is 4. The fraction of sp³-hybridized carbons (Fsp3) is 0.407. The Morgan fingerprint density at radius 2 is 1.83 bits per heavy atom.